The molecule has 0 radical (unpaired) electrons. The van der Waals surface area contributed by atoms with Gasteiger partial charge in [-0.25, -0.2) is 9.59 Å². The molecule has 3 aromatic rings. The Morgan fingerprint density at radius 2 is 1.77 bits per heavy atom. The van der Waals surface area contributed by atoms with E-state index < -0.39 is 17.7 Å². The molecule has 0 unspecified atom stereocenters. The van der Waals surface area contributed by atoms with Gasteiger partial charge in [0, 0.05) is 26.0 Å². The summed E-state index contributed by atoms with van der Waals surface area (Å²) in [5.74, 6) is -0.520. The lowest BCUT2D eigenvalue weighted by Gasteiger charge is -2.20. The van der Waals surface area contributed by atoms with Crippen LogP contribution in [0.25, 0.3) is 11.1 Å². The quantitative estimate of drug-likeness (QED) is 0.352. The number of benzene rings is 2. The normalized spacial score (nSPS) is 11.1. The Kier molecular flexibility index (Phi) is 7.41. The van der Waals surface area contributed by atoms with Crippen LogP contribution in [-0.2, 0) is 16.1 Å². The van der Waals surface area contributed by atoms with Crippen molar-refractivity contribution in [1.29, 1.82) is 0 Å². The summed E-state index contributed by atoms with van der Waals surface area (Å²) in [7, 11) is 0. The van der Waals surface area contributed by atoms with Crippen LogP contribution in [0, 0.1) is 0 Å². The third kappa shape index (κ3) is 6.32. The van der Waals surface area contributed by atoms with Gasteiger partial charge in [0.05, 0.1) is 0 Å². The van der Waals surface area contributed by atoms with E-state index in [-0.39, 0.29) is 12.2 Å². The first kappa shape index (κ1) is 23.3. The van der Waals surface area contributed by atoms with Crippen molar-refractivity contribution in [3.05, 3.63) is 74.5 Å². The van der Waals surface area contributed by atoms with E-state index in [9.17, 15) is 9.59 Å². The molecule has 0 bridgehead atoms. The zero-order chi connectivity index (χ0) is 22.6. The van der Waals surface area contributed by atoms with Gasteiger partial charge < -0.3 is 9.47 Å². The van der Waals surface area contributed by atoms with Crippen LogP contribution in [0.5, 0.6) is 0 Å². The summed E-state index contributed by atoms with van der Waals surface area (Å²) < 4.78 is 11.8. The number of rotatable bonds is 5. The fourth-order valence-electron chi connectivity index (χ4n) is 2.71. The van der Waals surface area contributed by atoms with Crippen LogP contribution in [0.15, 0.2) is 58.4 Å². The third-order valence-electron chi connectivity index (χ3n) is 4.08. The van der Waals surface area contributed by atoms with Gasteiger partial charge in [0.1, 0.15) is 22.8 Å². The van der Waals surface area contributed by atoms with Crippen molar-refractivity contribution in [3.63, 3.8) is 0 Å². The van der Waals surface area contributed by atoms with E-state index in [1.807, 2.05) is 35.7 Å². The van der Waals surface area contributed by atoms with E-state index in [0.29, 0.717) is 21.2 Å². The van der Waals surface area contributed by atoms with Crippen molar-refractivity contribution in [1.82, 2.24) is 0 Å². The molecule has 0 aliphatic carbocycles. The smallest absolute Gasteiger partial charge is 0.412 e. The molecule has 1 amide bonds. The molecule has 1 aromatic heterocycles. The van der Waals surface area contributed by atoms with E-state index in [0.717, 1.165) is 10.0 Å². The number of thiophene rings is 1. The number of carbonyl (C=O) groups excluding carboxylic acids is 2. The highest BCUT2D eigenvalue weighted by Gasteiger charge is 2.27. The Bertz CT molecular complexity index is 1090. The monoisotopic (exact) mass is 521 g/mol. The van der Waals surface area contributed by atoms with E-state index in [2.05, 4.69) is 21.2 Å². The lowest BCUT2D eigenvalue weighted by Crippen LogP contribution is -2.25. The highest BCUT2D eigenvalue weighted by Crippen LogP contribution is 2.37. The lowest BCUT2D eigenvalue weighted by molar-refractivity contribution is 0.00721. The molecule has 0 saturated carbocycles. The Morgan fingerprint density at radius 1 is 1.10 bits per heavy atom. The van der Waals surface area contributed by atoms with Crippen molar-refractivity contribution in [3.8, 4) is 11.1 Å². The molecule has 2 aromatic carbocycles. The van der Waals surface area contributed by atoms with Crippen molar-refractivity contribution in [2.75, 3.05) is 5.32 Å². The summed E-state index contributed by atoms with van der Waals surface area (Å²) in [6.45, 7) is 5.39. The predicted molar refractivity (Wildman–Crippen MR) is 128 cm³/mol. The SMILES string of the molecule is CC(C)(C)OC(=O)c1c(-c2ccc(Br)cc2)csc1NC(=O)OCc1ccccc1Cl. The molecular weight excluding hydrogens is 502 g/mol. The third-order valence-corrected chi connectivity index (χ3v) is 5.87. The average molecular weight is 523 g/mol. The zero-order valence-corrected chi connectivity index (χ0v) is 20.4. The fourth-order valence-corrected chi connectivity index (χ4v) is 4.11. The van der Waals surface area contributed by atoms with Gasteiger partial charge in [0.25, 0.3) is 0 Å². The molecule has 0 saturated heterocycles. The Labute approximate surface area is 198 Å². The van der Waals surface area contributed by atoms with Gasteiger partial charge in [-0.2, -0.15) is 0 Å². The van der Waals surface area contributed by atoms with E-state index >= 15 is 0 Å². The van der Waals surface area contributed by atoms with Crippen LogP contribution in [0.3, 0.4) is 0 Å². The van der Waals surface area contributed by atoms with Crippen LogP contribution in [0.1, 0.15) is 36.7 Å². The molecule has 0 fully saturated rings. The maximum atomic E-state index is 13.0. The molecule has 0 spiro atoms. The van der Waals surface area contributed by atoms with E-state index in [4.69, 9.17) is 21.1 Å². The molecule has 0 aliphatic rings. The standard InChI is InChI=1S/C23H21BrClNO4S/c1-23(2,3)30-21(27)19-17(14-8-10-16(24)11-9-14)13-31-20(19)26-22(28)29-12-15-6-4-5-7-18(15)25/h4-11,13H,12H2,1-3H3,(H,26,28). The number of carbonyl (C=O) groups is 2. The average Bonchev–Trinajstić information content (AvgIpc) is 3.10. The molecule has 1 N–H and O–H groups in total. The van der Waals surface area contributed by atoms with Crippen LogP contribution in [0.4, 0.5) is 9.80 Å². The minimum Gasteiger partial charge on any atom is -0.456 e. The summed E-state index contributed by atoms with van der Waals surface area (Å²) in [4.78, 5) is 25.4. The first-order valence-electron chi connectivity index (χ1n) is 9.42. The van der Waals surface area contributed by atoms with Crippen molar-refractivity contribution in [2.24, 2.45) is 0 Å². The number of ether oxygens (including phenoxy) is 2. The highest BCUT2D eigenvalue weighted by molar-refractivity contribution is 9.10. The second kappa shape index (κ2) is 9.85. The number of hydrogen-bond acceptors (Lipinski definition) is 5. The molecule has 162 valence electrons. The molecule has 5 nitrogen and oxygen atoms in total. The van der Waals surface area contributed by atoms with Crippen molar-refractivity contribution >= 4 is 55.9 Å². The number of nitrogens with one attached hydrogen (secondary N) is 1. The molecule has 0 aliphatic heterocycles. The van der Waals surface area contributed by atoms with Crippen LogP contribution >= 0.6 is 38.9 Å². The zero-order valence-electron chi connectivity index (χ0n) is 17.2. The van der Waals surface area contributed by atoms with Gasteiger partial charge in [-0.1, -0.05) is 57.9 Å². The summed E-state index contributed by atoms with van der Waals surface area (Å²) in [5, 5.41) is 5.35. The van der Waals surface area contributed by atoms with Crippen molar-refractivity contribution in [2.45, 2.75) is 33.0 Å². The second-order valence-corrected chi connectivity index (χ2v) is 9.86. The first-order valence-corrected chi connectivity index (χ1v) is 11.5. The Morgan fingerprint density at radius 3 is 2.42 bits per heavy atom. The van der Waals surface area contributed by atoms with E-state index in [1.54, 1.807) is 39.0 Å². The minimum absolute atomic E-state index is 0.0121. The van der Waals surface area contributed by atoms with Gasteiger partial charge in [0.2, 0.25) is 0 Å². The van der Waals surface area contributed by atoms with Gasteiger partial charge >= 0.3 is 12.1 Å². The number of esters is 1. The number of hydrogen-bond donors (Lipinski definition) is 1. The van der Waals surface area contributed by atoms with Gasteiger partial charge in [-0.15, -0.1) is 11.3 Å². The lowest BCUT2D eigenvalue weighted by atomic mass is 10.0. The van der Waals surface area contributed by atoms with Crippen LogP contribution < -0.4 is 5.32 Å². The molecule has 8 heteroatoms. The number of halogens is 2. The minimum atomic E-state index is -0.686. The summed E-state index contributed by atoms with van der Waals surface area (Å²) in [6, 6.07) is 14.7. The maximum absolute atomic E-state index is 13.0. The van der Waals surface area contributed by atoms with Gasteiger partial charge in [0.15, 0.2) is 0 Å². The summed E-state index contributed by atoms with van der Waals surface area (Å²) in [6.07, 6.45) is -0.686. The fraction of sp³-hybridized carbons (Fsp3) is 0.217. The summed E-state index contributed by atoms with van der Waals surface area (Å²) >= 11 is 10.7. The maximum Gasteiger partial charge on any atom is 0.412 e. The molecular formula is C23H21BrClNO4S. The second-order valence-electron chi connectivity index (χ2n) is 7.65. The molecule has 31 heavy (non-hydrogen) atoms. The van der Waals surface area contributed by atoms with Crippen LogP contribution in [-0.4, -0.2) is 17.7 Å². The predicted octanol–water partition coefficient (Wildman–Crippen LogP) is 7.54. The molecule has 1 heterocycles. The van der Waals surface area contributed by atoms with E-state index in [1.165, 1.54) is 11.3 Å². The van der Waals surface area contributed by atoms with Gasteiger partial charge in [-0.3, -0.25) is 5.32 Å². The summed E-state index contributed by atoms with van der Waals surface area (Å²) in [5.41, 5.74) is 1.80. The Balaban J connectivity index is 1.85. The Hall–Kier alpha value is -2.35. The largest absolute Gasteiger partial charge is 0.456 e. The molecule has 0 atom stereocenters. The number of amides is 1. The number of anilines is 1. The van der Waals surface area contributed by atoms with Crippen LogP contribution in [0.2, 0.25) is 5.02 Å². The first-order chi connectivity index (χ1) is 14.6. The van der Waals surface area contributed by atoms with Gasteiger partial charge in [-0.05, 0) is 44.5 Å². The highest BCUT2D eigenvalue weighted by atomic mass is 79.9. The molecule has 3 rings (SSSR count). The topological polar surface area (TPSA) is 64.6 Å². The van der Waals surface area contributed by atoms with Crippen molar-refractivity contribution < 1.29 is 19.1 Å².